The molecule has 0 aliphatic carbocycles. The molecular weight excluding hydrogens is 1160 g/mol. The van der Waals surface area contributed by atoms with Gasteiger partial charge in [-0.2, -0.15) is 8.42 Å². The summed E-state index contributed by atoms with van der Waals surface area (Å²) >= 11 is 0. The minimum Gasteiger partial charge on any atom is -0.394 e. The van der Waals surface area contributed by atoms with E-state index in [1.807, 2.05) is 0 Å². The van der Waals surface area contributed by atoms with Gasteiger partial charge in [-0.05, 0) is 0 Å². The summed E-state index contributed by atoms with van der Waals surface area (Å²) in [5.74, 6) is 0. The molecule has 0 unspecified atom stereocenters. The summed E-state index contributed by atoms with van der Waals surface area (Å²) in [6, 6.07) is 0. The highest BCUT2D eigenvalue weighted by molar-refractivity contribution is 7.80. The standard InChI is InChI=1S/C42H70O38S.H3N/c43-1-8-29-16(50)23(57)37(68-8)76-31-10(3-45)70-39(25(59)18(31)52)78-33-12(5-47)72-41(27(61)20(33)54)80-35-14(7-66-81(63,64)65)73-42(28(62)21(35)55)79-34-13(6-48)71-40(26(60)19(34)53)77-32-11(4-46)69-38(24(58)17(32)51)75-30-9(2-44)67-36(74-29)22(56)15(30)49;/h8-62H,1-7H2,(H,63,64,65);1H3/t8-,9-,10-,11-,12-,13-,14-,15-,16-,17-,18-,19-,20-,21-,22-,23-,24-,25-,26-,27-,28-,29-,30-,31-,32-,33-,34-,35-,36-,37-,38-,39-,40-,41-,42-;/m1./s1. The molecule has 0 saturated carbocycles. The van der Waals surface area contributed by atoms with Gasteiger partial charge in [-0.15, -0.1) is 0 Å². The van der Waals surface area contributed by atoms with Gasteiger partial charge in [-0.3, -0.25) is 4.55 Å². The summed E-state index contributed by atoms with van der Waals surface area (Å²) in [6.45, 7) is -7.93. The molecule has 35 atom stereocenters. The van der Waals surface area contributed by atoms with Gasteiger partial charge in [-0.25, -0.2) is 4.18 Å². The number of ether oxygens (including phenoxy) is 14. The summed E-state index contributed by atoms with van der Waals surface area (Å²) in [4.78, 5) is 0. The lowest BCUT2D eigenvalue weighted by atomic mass is 9.95. The van der Waals surface area contributed by atoms with E-state index in [4.69, 9.17) is 66.3 Å². The van der Waals surface area contributed by atoms with Crippen LogP contribution in [0.25, 0.3) is 0 Å². The van der Waals surface area contributed by atoms with Crippen LogP contribution in [0.3, 0.4) is 0 Å². The van der Waals surface area contributed by atoms with E-state index in [0.29, 0.717) is 0 Å². The molecule has 21 aliphatic heterocycles. The molecule has 82 heavy (non-hydrogen) atoms. The van der Waals surface area contributed by atoms with Crippen molar-refractivity contribution in [2.24, 2.45) is 0 Å². The molecule has 21 heterocycles. The van der Waals surface area contributed by atoms with E-state index in [2.05, 4.69) is 4.18 Å². The topological polar surface area (TPSA) is 632 Å². The second-order valence-corrected chi connectivity index (χ2v) is 21.3. The van der Waals surface area contributed by atoms with Crippen molar-refractivity contribution in [3.8, 4) is 0 Å². The lowest BCUT2D eigenvalue weighted by Gasteiger charge is -2.50. The van der Waals surface area contributed by atoms with Crippen molar-refractivity contribution < 1.29 is 186 Å². The first-order valence-electron chi connectivity index (χ1n) is 25.3. The minimum absolute atomic E-state index is 0. The highest BCUT2D eigenvalue weighted by atomic mass is 32.3. The molecule has 21 rings (SSSR count). The molecule has 0 amide bonds. The molecule has 14 bridgehead atoms. The molecule has 21 fully saturated rings. The van der Waals surface area contributed by atoms with Crippen molar-refractivity contribution in [1.82, 2.24) is 6.15 Å². The molecule has 40 heteroatoms. The average Bonchev–Trinajstić information content (AvgIpc) is 3.65. The summed E-state index contributed by atoms with van der Waals surface area (Å²) in [7, 11) is -5.37. The van der Waals surface area contributed by atoms with Crippen LogP contribution in [0.5, 0.6) is 0 Å². The number of hydrogen-bond acceptors (Lipinski definition) is 38. The lowest BCUT2D eigenvalue weighted by Crippen LogP contribution is -2.68. The maximum atomic E-state index is 11.7. The Kier molecular flexibility index (Phi) is 23.5. The normalized spacial score (nSPS) is 52.8. The highest BCUT2D eigenvalue weighted by Gasteiger charge is 2.59. The second-order valence-electron chi connectivity index (χ2n) is 20.2. The van der Waals surface area contributed by atoms with E-state index in [9.17, 15) is 115 Å². The second kappa shape index (κ2) is 28.3. The zero-order valence-electron chi connectivity index (χ0n) is 42.6. The van der Waals surface area contributed by atoms with Gasteiger partial charge in [0.05, 0.1) is 46.2 Å². The summed E-state index contributed by atoms with van der Waals surface area (Å²) in [6.07, 6.45) is -73.5. The largest absolute Gasteiger partial charge is 0.397 e. The Hall–Kier alpha value is -1.53. The van der Waals surface area contributed by atoms with Gasteiger partial charge in [-0.1, -0.05) is 0 Å². The number of aliphatic hydroxyl groups excluding tert-OH is 20. The van der Waals surface area contributed by atoms with E-state index in [1.165, 1.54) is 0 Å². The Labute approximate surface area is 462 Å². The predicted octanol–water partition coefficient (Wildman–Crippen LogP) is -15.2. The van der Waals surface area contributed by atoms with Crippen molar-refractivity contribution in [2.45, 2.75) is 215 Å². The van der Waals surface area contributed by atoms with E-state index in [-0.39, 0.29) is 6.15 Å². The lowest BCUT2D eigenvalue weighted by molar-refractivity contribution is -0.396. The molecule has 39 nitrogen and oxygen atoms in total. The zero-order valence-corrected chi connectivity index (χ0v) is 43.4. The number of aliphatic hydroxyl groups is 20. The summed E-state index contributed by atoms with van der Waals surface area (Å²) < 4.78 is 117. The summed E-state index contributed by atoms with van der Waals surface area (Å²) in [5.41, 5.74) is 0. The third kappa shape index (κ3) is 13.8. The van der Waals surface area contributed by atoms with Crippen molar-refractivity contribution in [3.05, 3.63) is 0 Å². The van der Waals surface area contributed by atoms with Gasteiger partial charge in [0.1, 0.15) is 171 Å². The van der Waals surface area contributed by atoms with Crippen LogP contribution in [-0.4, -0.2) is 376 Å². The molecule has 480 valence electrons. The first-order valence-corrected chi connectivity index (χ1v) is 26.6. The van der Waals surface area contributed by atoms with Crippen molar-refractivity contribution in [1.29, 1.82) is 0 Å². The molecule has 21 saturated heterocycles. The van der Waals surface area contributed by atoms with Crippen LogP contribution < -0.4 is 6.15 Å². The first kappa shape index (κ1) is 68.0. The Balaban J connectivity index is 0.00000968. The fraction of sp³-hybridized carbons (Fsp3) is 1.00. The molecule has 24 N–H and O–H groups in total. The van der Waals surface area contributed by atoms with Crippen LogP contribution >= 0.6 is 0 Å². The quantitative estimate of drug-likeness (QED) is 0.0953. The third-order valence-electron chi connectivity index (χ3n) is 15.0. The highest BCUT2D eigenvalue weighted by Crippen LogP contribution is 2.39. The molecule has 0 aromatic heterocycles. The van der Waals surface area contributed by atoms with E-state index in [0.717, 1.165) is 0 Å². The number of hydrogen-bond donors (Lipinski definition) is 22. The van der Waals surface area contributed by atoms with E-state index >= 15 is 0 Å². The SMILES string of the molecule is N.O=S(=O)(O)OC[C@H]1O[C@@H]2O[C@H]3[C@H](O)[C@@H](O)[C@@H](O[C@H]4[C@H](O)[C@@H](O)[C@@H](O[C@H]5[C@H](O)[C@@H](O)[C@@H](O[C@H]6[C@H](O)[C@@H](O)[C@@H](O[C@H]7[C@H](O)[C@@H](O)[C@@H](O[C@H]8[C@H](O)[C@@H](O)[C@@H](O[C@H]1[C@H](O)[C@H]2O)O[C@@H]8CO)O[C@@H]7CO)O[C@@H]6CO)O[C@@H]5CO)O[C@@H]4CO)O[C@@H]3CO. The molecule has 0 aromatic rings. The van der Waals surface area contributed by atoms with Crippen LogP contribution in [0.4, 0.5) is 0 Å². The van der Waals surface area contributed by atoms with Gasteiger partial charge >= 0.3 is 10.4 Å². The average molecular weight is 1230 g/mol. The Bertz CT molecular complexity index is 2080. The maximum Gasteiger partial charge on any atom is 0.397 e. The van der Waals surface area contributed by atoms with Crippen LogP contribution in [0.2, 0.25) is 0 Å². The minimum atomic E-state index is -5.37. The Morgan fingerprint density at radius 3 is 0.549 bits per heavy atom. The Morgan fingerprint density at radius 1 is 0.256 bits per heavy atom. The monoisotopic (exact) mass is 1230 g/mol. The van der Waals surface area contributed by atoms with Crippen LogP contribution in [-0.2, 0) is 80.9 Å². The molecule has 0 spiro atoms. The number of rotatable bonds is 9. The fourth-order valence-electron chi connectivity index (χ4n) is 10.6. The van der Waals surface area contributed by atoms with Gasteiger partial charge in [0, 0.05) is 0 Å². The van der Waals surface area contributed by atoms with Crippen molar-refractivity contribution in [3.63, 3.8) is 0 Å². The molecule has 0 aromatic carbocycles. The zero-order chi connectivity index (χ0) is 59.3. The fourth-order valence-corrected chi connectivity index (χ4v) is 10.9. The van der Waals surface area contributed by atoms with Gasteiger partial charge in [0.15, 0.2) is 44.0 Å². The van der Waals surface area contributed by atoms with Crippen LogP contribution in [0.15, 0.2) is 0 Å². The van der Waals surface area contributed by atoms with Gasteiger partial charge in [0.2, 0.25) is 0 Å². The molecule has 21 aliphatic rings. The van der Waals surface area contributed by atoms with Gasteiger partial charge in [0.25, 0.3) is 0 Å². The first-order chi connectivity index (χ1) is 38.3. The van der Waals surface area contributed by atoms with Crippen LogP contribution in [0, 0.1) is 0 Å². The molecule has 0 radical (unpaired) electrons. The molecular formula is C42H73NO38S. The van der Waals surface area contributed by atoms with Crippen LogP contribution in [0.1, 0.15) is 0 Å². The Morgan fingerprint density at radius 2 is 0.402 bits per heavy atom. The smallest absolute Gasteiger partial charge is 0.394 e. The van der Waals surface area contributed by atoms with Crippen molar-refractivity contribution >= 4 is 10.4 Å². The predicted molar refractivity (Wildman–Crippen MR) is 244 cm³/mol. The van der Waals surface area contributed by atoms with E-state index in [1.54, 1.807) is 0 Å². The maximum absolute atomic E-state index is 11.7. The van der Waals surface area contributed by atoms with E-state index < -0.39 is 272 Å². The third-order valence-corrected chi connectivity index (χ3v) is 15.4. The van der Waals surface area contributed by atoms with Gasteiger partial charge < -0.3 is 175 Å². The van der Waals surface area contributed by atoms with Crippen molar-refractivity contribution in [2.75, 3.05) is 46.2 Å². The summed E-state index contributed by atoms with van der Waals surface area (Å²) in [5, 5.41) is 221.